The molecule has 11 heteroatoms. The van der Waals surface area contributed by atoms with Gasteiger partial charge in [0.15, 0.2) is 10.2 Å². The summed E-state index contributed by atoms with van der Waals surface area (Å²) in [5.74, 6) is 0. The van der Waals surface area contributed by atoms with Gasteiger partial charge < -0.3 is 10.6 Å². The minimum atomic E-state index is 0. The van der Waals surface area contributed by atoms with Gasteiger partial charge in [0.1, 0.15) is 0 Å². The number of para-hydroxylation sites is 2. The number of hydrogen-bond donors (Lipinski definition) is 4. The van der Waals surface area contributed by atoms with Crippen molar-refractivity contribution in [3.05, 3.63) is 121 Å². The van der Waals surface area contributed by atoms with E-state index in [-0.39, 0.29) is 16.5 Å². The minimum Gasteiger partial charge on any atom is -0.331 e. The van der Waals surface area contributed by atoms with Crippen molar-refractivity contribution in [3.63, 3.8) is 0 Å². The zero-order valence-electron chi connectivity index (χ0n) is 21.3. The molecule has 0 saturated heterocycles. The molecule has 0 saturated carbocycles. The Kier molecular flexibility index (Phi) is 14.0. The summed E-state index contributed by atoms with van der Waals surface area (Å²) in [4.78, 5) is 8.41. The second-order valence-corrected chi connectivity index (χ2v) is 8.50. The van der Waals surface area contributed by atoms with Gasteiger partial charge in [-0.3, -0.25) is 20.8 Å². The van der Waals surface area contributed by atoms with E-state index in [0.29, 0.717) is 10.2 Å². The first-order valence-electron chi connectivity index (χ1n) is 11.7. The van der Waals surface area contributed by atoms with Crippen molar-refractivity contribution in [2.75, 3.05) is 10.6 Å². The topological polar surface area (TPSA) is 98.6 Å². The van der Waals surface area contributed by atoms with Crippen LogP contribution in [-0.2, 0) is 16.5 Å². The van der Waals surface area contributed by atoms with Crippen LogP contribution < -0.4 is 21.5 Å². The first-order chi connectivity index (χ1) is 18.5. The fraction of sp³-hybridized carbons (Fsp3) is 0.0714. The molecular formula is C28H28N8NiS2. The predicted octanol–water partition coefficient (Wildman–Crippen LogP) is 5.58. The van der Waals surface area contributed by atoms with Gasteiger partial charge in [-0.2, -0.15) is 10.2 Å². The molecule has 4 aromatic rings. The monoisotopic (exact) mass is 598 g/mol. The third kappa shape index (κ3) is 11.9. The zero-order chi connectivity index (χ0) is 27.0. The summed E-state index contributed by atoms with van der Waals surface area (Å²) in [5.41, 5.74) is 10.6. The van der Waals surface area contributed by atoms with Gasteiger partial charge in [0.25, 0.3) is 0 Å². The molecule has 0 fully saturated rings. The van der Waals surface area contributed by atoms with Crippen molar-refractivity contribution >= 4 is 57.5 Å². The second kappa shape index (κ2) is 17.5. The quantitative estimate of drug-likeness (QED) is 0.0988. The predicted molar refractivity (Wildman–Crippen MR) is 164 cm³/mol. The van der Waals surface area contributed by atoms with E-state index in [0.717, 1.165) is 34.2 Å². The van der Waals surface area contributed by atoms with E-state index in [2.05, 4.69) is 41.7 Å². The van der Waals surface area contributed by atoms with E-state index in [1.54, 1.807) is 12.4 Å². The van der Waals surface area contributed by atoms with E-state index in [9.17, 15) is 0 Å². The number of thiocarbonyl (C=S) groups is 2. The molecule has 2 aromatic carbocycles. The molecule has 4 N–H and O–H groups in total. The van der Waals surface area contributed by atoms with Crippen molar-refractivity contribution in [2.45, 2.75) is 13.8 Å². The first-order valence-corrected chi connectivity index (χ1v) is 12.5. The number of rotatable bonds is 6. The van der Waals surface area contributed by atoms with Gasteiger partial charge in [-0.05, 0) is 86.8 Å². The molecule has 0 amide bonds. The van der Waals surface area contributed by atoms with Gasteiger partial charge in [-0.25, -0.2) is 0 Å². The molecule has 202 valence electrons. The molecule has 4 rings (SSSR count). The van der Waals surface area contributed by atoms with Crippen molar-refractivity contribution in [2.24, 2.45) is 10.2 Å². The van der Waals surface area contributed by atoms with Gasteiger partial charge in [0, 0.05) is 40.3 Å². The Morgan fingerprint density at radius 2 is 0.923 bits per heavy atom. The van der Waals surface area contributed by atoms with Crippen LogP contribution in [0, 0.1) is 0 Å². The molecule has 0 aliphatic carbocycles. The Bertz CT molecular complexity index is 1250. The molecule has 2 heterocycles. The number of hydrogen-bond acceptors (Lipinski definition) is 6. The van der Waals surface area contributed by atoms with Crippen LogP contribution in [0.1, 0.15) is 25.2 Å². The normalized spacial score (nSPS) is 10.6. The minimum absolute atomic E-state index is 0. The van der Waals surface area contributed by atoms with Gasteiger partial charge in [0.2, 0.25) is 0 Å². The summed E-state index contributed by atoms with van der Waals surface area (Å²) in [6.45, 7) is 3.75. The molecule has 0 bridgehead atoms. The van der Waals surface area contributed by atoms with E-state index < -0.39 is 0 Å². The Morgan fingerprint density at radius 3 is 1.26 bits per heavy atom. The Labute approximate surface area is 249 Å². The van der Waals surface area contributed by atoms with E-state index in [1.807, 2.05) is 111 Å². The summed E-state index contributed by atoms with van der Waals surface area (Å²) in [6, 6.07) is 30.8. The molecule has 0 aliphatic heterocycles. The number of pyridine rings is 2. The largest absolute Gasteiger partial charge is 0.331 e. The van der Waals surface area contributed by atoms with E-state index >= 15 is 0 Å². The fourth-order valence-corrected chi connectivity index (χ4v) is 3.23. The van der Waals surface area contributed by atoms with Crippen molar-refractivity contribution in [1.29, 1.82) is 0 Å². The molecule has 39 heavy (non-hydrogen) atoms. The Hall–Kier alpha value is -4.05. The third-order valence-electron chi connectivity index (χ3n) is 4.78. The maximum absolute atomic E-state index is 5.15. The van der Waals surface area contributed by atoms with Crippen LogP contribution in [-0.4, -0.2) is 31.6 Å². The van der Waals surface area contributed by atoms with Gasteiger partial charge in [0.05, 0.1) is 22.8 Å². The number of benzene rings is 2. The summed E-state index contributed by atoms with van der Waals surface area (Å²) in [6.07, 6.45) is 3.46. The van der Waals surface area contributed by atoms with Crippen molar-refractivity contribution < 1.29 is 16.5 Å². The Morgan fingerprint density at radius 1 is 0.564 bits per heavy atom. The van der Waals surface area contributed by atoms with Crippen LogP contribution in [0.4, 0.5) is 11.4 Å². The summed E-state index contributed by atoms with van der Waals surface area (Å²) < 4.78 is 0. The number of anilines is 2. The summed E-state index contributed by atoms with van der Waals surface area (Å²) >= 11 is 10.3. The van der Waals surface area contributed by atoms with Gasteiger partial charge in [-0.1, -0.05) is 48.5 Å². The average molecular weight is 599 g/mol. The molecule has 0 aliphatic rings. The zero-order valence-corrected chi connectivity index (χ0v) is 23.9. The maximum Gasteiger partial charge on any atom is 0.191 e. The van der Waals surface area contributed by atoms with Gasteiger partial charge >= 0.3 is 0 Å². The number of nitrogens with one attached hydrogen (secondary N) is 4. The number of aromatic nitrogens is 2. The third-order valence-corrected chi connectivity index (χ3v) is 5.17. The maximum atomic E-state index is 5.15. The first kappa shape index (κ1) is 31.2. The molecular weight excluding hydrogens is 571 g/mol. The molecule has 0 atom stereocenters. The van der Waals surface area contributed by atoms with Gasteiger partial charge in [-0.15, -0.1) is 0 Å². The molecule has 0 spiro atoms. The smallest absolute Gasteiger partial charge is 0.191 e. The number of hydrazone groups is 2. The Balaban J connectivity index is 0.000000267. The van der Waals surface area contributed by atoms with Crippen LogP contribution in [0.25, 0.3) is 0 Å². The second-order valence-electron chi connectivity index (χ2n) is 7.69. The molecule has 8 nitrogen and oxygen atoms in total. The van der Waals surface area contributed by atoms with Crippen LogP contribution in [0.2, 0.25) is 0 Å². The number of nitrogens with zero attached hydrogens (tertiary/aromatic N) is 4. The van der Waals surface area contributed by atoms with Crippen molar-refractivity contribution in [3.8, 4) is 0 Å². The van der Waals surface area contributed by atoms with Crippen LogP contribution in [0.15, 0.2) is 120 Å². The standard InChI is InChI=1S/2C14H14N4S.Ni/c2*1-11(13-9-5-6-10-15-13)17-18-14(19)16-12-7-3-2-4-8-12;/h2*2-10H,1H3,(H2,16,18,19);. The fourth-order valence-electron chi connectivity index (χ4n) is 2.90. The van der Waals surface area contributed by atoms with Crippen LogP contribution in [0.3, 0.4) is 0 Å². The summed E-state index contributed by atoms with van der Waals surface area (Å²) in [5, 5.41) is 15.4. The molecule has 2 aromatic heterocycles. The molecule has 0 unspecified atom stereocenters. The van der Waals surface area contributed by atoms with E-state index in [4.69, 9.17) is 24.4 Å². The summed E-state index contributed by atoms with van der Waals surface area (Å²) in [7, 11) is 0. The van der Waals surface area contributed by atoms with E-state index in [1.165, 1.54) is 0 Å². The van der Waals surface area contributed by atoms with Crippen LogP contribution in [0.5, 0.6) is 0 Å². The molecule has 0 radical (unpaired) electrons. The average Bonchev–Trinajstić information content (AvgIpc) is 2.97. The van der Waals surface area contributed by atoms with Crippen molar-refractivity contribution in [1.82, 2.24) is 20.8 Å². The SMILES string of the molecule is CC(=NNC(=S)Nc1ccccc1)c1ccccn1.CC(=NNC(=S)Nc1ccccc1)c1ccccn1.[Ni]. The van der Waals surface area contributed by atoms with Crippen LogP contribution >= 0.6 is 24.4 Å².